The second-order valence-corrected chi connectivity index (χ2v) is 4.09. The smallest absolute Gasteiger partial charge is 0.340 e. The zero-order valence-corrected chi connectivity index (χ0v) is 10.5. The highest BCUT2D eigenvalue weighted by Crippen LogP contribution is 2.16. The van der Waals surface area contributed by atoms with Gasteiger partial charge in [0.1, 0.15) is 6.61 Å². The molecule has 6 nitrogen and oxygen atoms in total. The topological polar surface area (TPSA) is 95.5 Å². The van der Waals surface area contributed by atoms with E-state index in [1.165, 1.54) is 18.2 Å². The molecular weight excluding hydrogens is 260 g/mol. The van der Waals surface area contributed by atoms with E-state index in [2.05, 4.69) is 0 Å². The third-order valence-electron chi connectivity index (χ3n) is 2.67. The maximum Gasteiger partial charge on any atom is 0.340 e. The maximum atomic E-state index is 11.8. The van der Waals surface area contributed by atoms with Crippen molar-refractivity contribution in [2.45, 2.75) is 6.61 Å². The van der Waals surface area contributed by atoms with Crippen molar-refractivity contribution in [1.82, 2.24) is 0 Å². The molecule has 2 aromatic carbocycles. The first-order chi connectivity index (χ1) is 9.58. The van der Waals surface area contributed by atoms with Crippen LogP contribution in [0.25, 0.3) is 0 Å². The van der Waals surface area contributed by atoms with Crippen LogP contribution in [0, 0.1) is 10.1 Å². The summed E-state index contributed by atoms with van der Waals surface area (Å²) in [7, 11) is 0. The summed E-state index contributed by atoms with van der Waals surface area (Å²) >= 11 is 0. The Morgan fingerprint density at radius 3 is 2.65 bits per heavy atom. The number of anilines is 1. The lowest BCUT2D eigenvalue weighted by molar-refractivity contribution is -0.384. The average molecular weight is 272 g/mol. The molecule has 0 unspecified atom stereocenters. The Morgan fingerprint density at radius 1 is 1.20 bits per heavy atom. The quantitative estimate of drug-likeness (QED) is 0.399. The lowest BCUT2D eigenvalue weighted by atomic mass is 10.2. The maximum absolute atomic E-state index is 11.8. The Balaban J connectivity index is 2.06. The summed E-state index contributed by atoms with van der Waals surface area (Å²) in [6, 6.07) is 12.5. The molecule has 0 saturated carbocycles. The van der Waals surface area contributed by atoms with Crippen molar-refractivity contribution in [2.75, 3.05) is 5.73 Å². The molecule has 0 aliphatic heterocycles. The number of hydrogen-bond donors (Lipinski definition) is 1. The van der Waals surface area contributed by atoms with Crippen molar-refractivity contribution >= 4 is 17.3 Å². The summed E-state index contributed by atoms with van der Waals surface area (Å²) in [5.41, 5.74) is 6.77. The first-order valence-electron chi connectivity index (χ1n) is 5.83. The Kier molecular flexibility index (Phi) is 3.95. The first-order valence-corrected chi connectivity index (χ1v) is 5.83. The average Bonchev–Trinajstić information content (AvgIpc) is 2.45. The van der Waals surface area contributed by atoms with Gasteiger partial charge < -0.3 is 10.5 Å². The van der Waals surface area contributed by atoms with E-state index >= 15 is 0 Å². The van der Waals surface area contributed by atoms with E-state index in [0.717, 1.165) is 0 Å². The minimum Gasteiger partial charge on any atom is -0.457 e. The van der Waals surface area contributed by atoms with Crippen molar-refractivity contribution in [2.24, 2.45) is 0 Å². The number of para-hydroxylation sites is 1. The number of ether oxygens (including phenoxy) is 1. The lowest BCUT2D eigenvalue weighted by Gasteiger charge is -2.06. The van der Waals surface area contributed by atoms with Crippen molar-refractivity contribution in [3.05, 3.63) is 69.8 Å². The predicted molar refractivity (Wildman–Crippen MR) is 73.1 cm³/mol. The number of carbonyl (C=O) groups is 1. The van der Waals surface area contributed by atoms with E-state index in [1.807, 2.05) is 0 Å². The molecule has 0 saturated heterocycles. The Morgan fingerprint density at radius 2 is 1.95 bits per heavy atom. The molecule has 0 heterocycles. The van der Waals surface area contributed by atoms with E-state index in [1.54, 1.807) is 30.3 Å². The molecule has 2 aromatic rings. The highest BCUT2D eigenvalue weighted by atomic mass is 16.6. The van der Waals surface area contributed by atoms with Gasteiger partial charge >= 0.3 is 5.97 Å². The van der Waals surface area contributed by atoms with Gasteiger partial charge in [0.2, 0.25) is 0 Å². The van der Waals surface area contributed by atoms with Gasteiger partial charge in [-0.3, -0.25) is 10.1 Å². The van der Waals surface area contributed by atoms with Crippen LogP contribution in [0.2, 0.25) is 0 Å². The van der Waals surface area contributed by atoms with Gasteiger partial charge in [-0.2, -0.15) is 0 Å². The van der Waals surface area contributed by atoms with E-state index in [9.17, 15) is 14.9 Å². The Labute approximate surface area is 114 Å². The molecule has 0 aliphatic carbocycles. The number of hydrogen-bond acceptors (Lipinski definition) is 5. The normalized spacial score (nSPS) is 10.0. The number of esters is 1. The van der Waals surface area contributed by atoms with Crippen molar-refractivity contribution in [3.63, 3.8) is 0 Å². The largest absolute Gasteiger partial charge is 0.457 e. The summed E-state index contributed by atoms with van der Waals surface area (Å²) < 4.78 is 5.09. The van der Waals surface area contributed by atoms with Crippen LogP contribution in [-0.4, -0.2) is 10.9 Å². The first kappa shape index (κ1) is 13.5. The fourth-order valence-corrected chi connectivity index (χ4v) is 1.67. The minimum absolute atomic E-state index is 0.0437. The van der Waals surface area contributed by atoms with Crippen molar-refractivity contribution in [1.29, 1.82) is 0 Å². The van der Waals surface area contributed by atoms with Crippen LogP contribution in [0.15, 0.2) is 48.5 Å². The van der Waals surface area contributed by atoms with Gasteiger partial charge in [0.15, 0.2) is 0 Å². The van der Waals surface area contributed by atoms with E-state index < -0.39 is 10.9 Å². The lowest BCUT2D eigenvalue weighted by Crippen LogP contribution is -2.08. The van der Waals surface area contributed by atoms with Crippen LogP contribution in [0.3, 0.4) is 0 Å². The number of rotatable bonds is 4. The molecule has 102 valence electrons. The second kappa shape index (κ2) is 5.83. The third-order valence-corrected chi connectivity index (χ3v) is 2.67. The van der Waals surface area contributed by atoms with Crippen LogP contribution in [0.1, 0.15) is 15.9 Å². The third kappa shape index (κ3) is 3.11. The minimum atomic E-state index is -0.561. The molecule has 2 rings (SSSR count). The van der Waals surface area contributed by atoms with Crippen LogP contribution >= 0.6 is 0 Å². The van der Waals surface area contributed by atoms with E-state index in [-0.39, 0.29) is 17.9 Å². The standard InChI is InChI=1S/C14H12N2O4/c15-13-7-2-1-6-12(13)14(17)20-9-10-4-3-5-11(8-10)16(18)19/h1-8H,9,15H2. The zero-order valence-electron chi connectivity index (χ0n) is 10.5. The molecule has 0 aromatic heterocycles. The Hall–Kier alpha value is -2.89. The van der Waals surface area contributed by atoms with Crippen molar-refractivity contribution < 1.29 is 14.5 Å². The molecule has 0 atom stereocenters. The molecular formula is C14H12N2O4. The monoisotopic (exact) mass is 272 g/mol. The van der Waals surface area contributed by atoms with Crippen molar-refractivity contribution in [3.8, 4) is 0 Å². The molecule has 0 spiro atoms. The van der Waals surface area contributed by atoms with E-state index in [0.29, 0.717) is 11.3 Å². The van der Waals surface area contributed by atoms with Crippen LogP contribution in [-0.2, 0) is 11.3 Å². The van der Waals surface area contributed by atoms with E-state index in [4.69, 9.17) is 10.5 Å². The number of nitrogens with zero attached hydrogens (tertiary/aromatic N) is 1. The fourth-order valence-electron chi connectivity index (χ4n) is 1.67. The molecule has 0 aliphatic rings. The summed E-state index contributed by atoms with van der Waals surface area (Å²) in [6.45, 7) is -0.0468. The summed E-state index contributed by atoms with van der Waals surface area (Å²) in [5, 5.41) is 10.6. The number of benzene rings is 2. The number of nitrogens with two attached hydrogens (primary N) is 1. The van der Waals surface area contributed by atoms with Gasteiger partial charge in [-0.25, -0.2) is 4.79 Å². The molecule has 20 heavy (non-hydrogen) atoms. The molecule has 2 N–H and O–H groups in total. The Bertz CT molecular complexity index is 655. The summed E-state index contributed by atoms with van der Waals surface area (Å²) in [6.07, 6.45) is 0. The number of nitrogen functional groups attached to an aromatic ring is 1. The van der Waals surface area contributed by atoms with Crippen LogP contribution < -0.4 is 5.73 Å². The van der Waals surface area contributed by atoms with Crippen LogP contribution in [0.5, 0.6) is 0 Å². The van der Waals surface area contributed by atoms with Gasteiger partial charge in [-0.05, 0) is 17.7 Å². The van der Waals surface area contributed by atoms with Gasteiger partial charge in [0.05, 0.1) is 10.5 Å². The number of carbonyl (C=O) groups excluding carboxylic acids is 1. The number of non-ortho nitro benzene ring substituents is 1. The number of nitro groups is 1. The van der Waals surface area contributed by atoms with Gasteiger partial charge in [-0.1, -0.05) is 24.3 Å². The molecule has 6 heteroatoms. The highest BCUT2D eigenvalue weighted by Gasteiger charge is 2.11. The van der Waals surface area contributed by atoms with Gasteiger partial charge in [0.25, 0.3) is 5.69 Å². The summed E-state index contributed by atoms with van der Waals surface area (Å²) in [4.78, 5) is 22.0. The molecule has 0 bridgehead atoms. The van der Waals surface area contributed by atoms with Gasteiger partial charge in [0, 0.05) is 17.8 Å². The second-order valence-electron chi connectivity index (χ2n) is 4.09. The molecule has 0 amide bonds. The molecule has 0 radical (unpaired) electrons. The summed E-state index contributed by atoms with van der Waals surface area (Å²) in [5.74, 6) is -0.561. The van der Waals surface area contributed by atoms with Gasteiger partial charge in [-0.15, -0.1) is 0 Å². The van der Waals surface area contributed by atoms with Crippen LogP contribution in [0.4, 0.5) is 11.4 Å². The molecule has 0 fully saturated rings. The highest BCUT2D eigenvalue weighted by molar-refractivity contribution is 5.94. The SMILES string of the molecule is Nc1ccccc1C(=O)OCc1cccc([N+](=O)[O-])c1. The number of nitro benzene ring substituents is 1. The zero-order chi connectivity index (χ0) is 14.5. The predicted octanol–water partition coefficient (Wildman–Crippen LogP) is 2.53. The fraction of sp³-hybridized carbons (Fsp3) is 0.0714.